The molecule has 1 N–H and O–H groups in total. The minimum Gasteiger partial charge on any atom is -0.326 e. The van der Waals surface area contributed by atoms with Crippen LogP contribution < -0.4 is 5.32 Å². The Morgan fingerprint density at radius 2 is 1.83 bits per heavy atom. The Bertz CT molecular complexity index is 710. The standard InChI is InChI=1S/C19H20F3NO/c1-3-13(2)16-9-4-5-10-17(16)23-18(24)12-14-7-6-8-15(11-14)19(20,21)22/h4-11,13H,3,12H2,1-2H3,(H,23,24)/t13-/m0/s1. The Morgan fingerprint density at radius 1 is 1.12 bits per heavy atom. The van der Waals surface area contributed by atoms with Crippen molar-refractivity contribution in [2.45, 2.75) is 38.8 Å². The minimum absolute atomic E-state index is 0.0985. The lowest BCUT2D eigenvalue weighted by molar-refractivity contribution is -0.137. The van der Waals surface area contributed by atoms with E-state index in [9.17, 15) is 18.0 Å². The van der Waals surface area contributed by atoms with Crippen molar-refractivity contribution in [1.29, 1.82) is 0 Å². The van der Waals surface area contributed by atoms with Gasteiger partial charge < -0.3 is 5.32 Å². The highest BCUT2D eigenvalue weighted by Gasteiger charge is 2.30. The quantitative estimate of drug-likeness (QED) is 0.779. The first-order chi connectivity index (χ1) is 11.3. The minimum atomic E-state index is -4.41. The van der Waals surface area contributed by atoms with E-state index in [1.807, 2.05) is 24.3 Å². The van der Waals surface area contributed by atoms with Gasteiger partial charge in [-0.25, -0.2) is 0 Å². The summed E-state index contributed by atoms with van der Waals surface area (Å²) in [4.78, 5) is 12.2. The third kappa shape index (κ3) is 4.60. The van der Waals surface area contributed by atoms with E-state index in [2.05, 4.69) is 19.2 Å². The maximum absolute atomic E-state index is 12.7. The van der Waals surface area contributed by atoms with Crippen LogP contribution in [0.4, 0.5) is 18.9 Å². The summed E-state index contributed by atoms with van der Waals surface area (Å²) in [7, 11) is 0. The summed E-state index contributed by atoms with van der Waals surface area (Å²) in [5.74, 6) is -0.0415. The number of anilines is 1. The number of carbonyl (C=O) groups is 1. The molecule has 1 amide bonds. The largest absolute Gasteiger partial charge is 0.416 e. The molecule has 0 bridgehead atoms. The first-order valence-electron chi connectivity index (χ1n) is 7.86. The molecular weight excluding hydrogens is 315 g/mol. The average molecular weight is 335 g/mol. The molecular formula is C19H20F3NO. The number of amides is 1. The van der Waals surface area contributed by atoms with Gasteiger partial charge in [-0.15, -0.1) is 0 Å². The zero-order chi connectivity index (χ0) is 17.7. The predicted molar refractivity (Wildman–Crippen MR) is 88.9 cm³/mol. The van der Waals surface area contributed by atoms with Gasteiger partial charge in [0.2, 0.25) is 5.91 Å². The summed E-state index contributed by atoms with van der Waals surface area (Å²) in [5, 5.41) is 2.81. The van der Waals surface area contributed by atoms with Crippen molar-refractivity contribution >= 4 is 11.6 Å². The Labute approximate surface area is 139 Å². The highest BCUT2D eigenvalue weighted by molar-refractivity contribution is 5.93. The van der Waals surface area contributed by atoms with Crippen molar-refractivity contribution in [3.8, 4) is 0 Å². The number of alkyl halides is 3. The van der Waals surface area contributed by atoms with Gasteiger partial charge in [-0.2, -0.15) is 13.2 Å². The van der Waals surface area contributed by atoms with Crippen molar-refractivity contribution in [1.82, 2.24) is 0 Å². The van der Waals surface area contributed by atoms with Crippen LogP contribution in [-0.4, -0.2) is 5.91 Å². The summed E-state index contributed by atoms with van der Waals surface area (Å²) in [5.41, 5.74) is 1.33. The van der Waals surface area contributed by atoms with Gasteiger partial charge in [-0.05, 0) is 35.6 Å². The fraction of sp³-hybridized carbons (Fsp3) is 0.316. The fourth-order valence-corrected chi connectivity index (χ4v) is 2.50. The molecule has 2 nitrogen and oxygen atoms in total. The number of hydrogen-bond donors (Lipinski definition) is 1. The maximum atomic E-state index is 12.7. The van der Waals surface area contributed by atoms with Crippen LogP contribution >= 0.6 is 0 Å². The molecule has 0 aromatic heterocycles. The van der Waals surface area contributed by atoms with E-state index in [4.69, 9.17) is 0 Å². The second-order valence-corrected chi connectivity index (χ2v) is 5.82. The van der Waals surface area contributed by atoms with Gasteiger partial charge in [0.05, 0.1) is 12.0 Å². The van der Waals surface area contributed by atoms with E-state index in [-0.39, 0.29) is 18.2 Å². The molecule has 2 aromatic rings. The second kappa shape index (κ2) is 7.51. The molecule has 0 heterocycles. The predicted octanol–water partition coefficient (Wildman–Crippen LogP) is 5.40. The van der Waals surface area contributed by atoms with Crippen molar-refractivity contribution in [2.75, 3.05) is 5.32 Å². The third-order valence-electron chi connectivity index (χ3n) is 4.00. The highest BCUT2D eigenvalue weighted by atomic mass is 19.4. The molecule has 0 saturated carbocycles. The van der Waals surface area contributed by atoms with Crippen LogP contribution in [-0.2, 0) is 17.4 Å². The molecule has 0 unspecified atom stereocenters. The lowest BCUT2D eigenvalue weighted by Crippen LogP contribution is -2.16. The van der Waals surface area contributed by atoms with Gasteiger partial charge in [0.25, 0.3) is 0 Å². The molecule has 0 fully saturated rings. The van der Waals surface area contributed by atoms with E-state index in [1.54, 1.807) is 0 Å². The molecule has 0 aliphatic carbocycles. The molecule has 0 saturated heterocycles. The van der Waals surface area contributed by atoms with Crippen molar-refractivity contribution in [3.05, 3.63) is 65.2 Å². The van der Waals surface area contributed by atoms with Crippen LogP contribution in [0.1, 0.15) is 42.9 Å². The normalized spacial score (nSPS) is 12.7. The number of hydrogen-bond acceptors (Lipinski definition) is 1. The number of carbonyl (C=O) groups excluding carboxylic acids is 1. The van der Waals surface area contributed by atoms with Gasteiger partial charge in [-0.3, -0.25) is 4.79 Å². The van der Waals surface area contributed by atoms with E-state index in [0.29, 0.717) is 11.3 Å². The first kappa shape index (κ1) is 18.0. The zero-order valence-electron chi connectivity index (χ0n) is 13.7. The Kier molecular flexibility index (Phi) is 5.65. The van der Waals surface area contributed by atoms with Crippen molar-refractivity contribution < 1.29 is 18.0 Å². The smallest absolute Gasteiger partial charge is 0.326 e. The van der Waals surface area contributed by atoms with Gasteiger partial charge >= 0.3 is 6.18 Å². The first-order valence-corrected chi connectivity index (χ1v) is 7.86. The summed E-state index contributed by atoms with van der Waals surface area (Å²) in [6, 6.07) is 12.4. The number of para-hydroxylation sites is 1. The zero-order valence-corrected chi connectivity index (χ0v) is 13.7. The Balaban J connectivity index is 2.12. The molecule has 2 rings (SSSR count). The van der Waals surface area contributed by atoms with Crippen LogP contribution in [0.2, 0.25) is 0 Å². The number of nitrogens with one attached hydrogen (secondary N) is 1. The lowest BCUT2D eigenvalue weighted by atomic mass is 9.96. The van der Waals surface area contributed by atoms with Gasteiger partial charge in [-0.1, -0.05) is 50.2 Å². The van der Waals surface area contributed by atoms with Crippen LogP contribution in [0, 0.1) is 0 Å². The number of rotatable bonds is 5. The second-order valence-electron chi connectivity index (χ2n) is 5.82. The molecule has 1 atom stereocenters. The van der Waals surface area contributed by atoms with Crippen LogP contribution in [0.15, 0.2) is 48.5 Å². The summed E-state index contributed by atoms with van der Waals surface area (Å²) >= 11 is 0. The average Bonchev–Trinajstić information content (AvgIpc) is 2.54. The topological polar surface area (TPSA) is 29.1 Å². The molecule has 2 aromatic carbocycles. The van der Waals surface area contributed by atoms with Gasteiger partial charge in [0.15, 0.2) is 0 Å². The third-order valence-corrected chi connectivity index (χ3v) is 4.00. The molecule has 0 spiro atoms. The summed E-state index contributed by atoms with van der Waals surface area (Å²) in [6.45, 7) is 4.13. The highest BCUT2D eigenvalue weighted by Crippen LogP contribution is 2.30. The summed E-state index contributed by atoms with van der Waals surface area (Å²) < 4.78 is 38.2. The number of benzene rings is 2. The monoisotopic (exact) mass is 335 g/mol. The fourth-order valence-electron chi connectivity index (χ4n) is 2.50. The Morgan fingerprint density at radius 3 is 2.50 bits per heavy atom. The van der Waals surface area contributed by atoms with Crippen molar-refractivity contribution in [3.63, 3.8) is 0 Å². The van der Waals surface area contributed by atoms with E-state index >= 15 is 0 Å². The van der Waals surface area contributed by atoms with E-state index in [1.165, 1.54) is 12.1 Å². The molecule has 24 heavy (non-hydrogen) atoms. The van der Waals surface area contributed by atoms with Crippen LogP contribution in [0.25, 0.3) is 0 Å². The molecule has 0 aliphatic heterocycles. The van der Waals surface area contributed by atoms with E-state index < -0.39 is 11.7 Å². The molecule has 0 radical (unpaired) electrons. The summed E-state index contributed by atoms with van der Waals surface area (Å²) in [6.07, 6.45) is -3.57. The van der Waals surface area contributed by atoms with Crippen molar-refractivity contribution in [2.24, 2.45) is 0 Å². The Hall–Kier alpha value is -2.30. The van der Waals surface area contributed by atoms with Gasteiger partial charge in [0.1, 0.15) is 0 Å². The van der Waals surface area contributed by atoms with Crippen LogP contribution in [0.3, 0.4) is 0 Å². The molecule has 128 valence electrons. The van der Waals surface area contributed by atoms with E-state index in [0.717, 1.165) is 24.1 Å². The lowest BCUT2D eigenvalue weighted by Gasteiger charge is -2.16. The van der Waals surface area contributed by atoms with Gasteiger partial charge in [0, 0.05) is 5.69 Å². The van der Waals surface area contributed by atoms with Crippen LogP contribution in [0.5, 0.6) is 0 Å². The number of halogens is 3. The SMILES string of the molecule is CC[C@H](C)c1ccccc1NC(=O)Cc1cccc(C(F)(F)F)c1. The molecule has 5 heteroatoms. The molecule has 0 aliphatic rings. The maximum Gasteiger partial charge on any atom is 0.416 e.